The van der Waals surface area contributed by atoms with E-state index in [9.17, 15) is 9.50 Å². The molecule has 90 valence electrons. The van der Waals surface area contributed by atoms with Crippen LogP contribution < -0.4 is 0 Å². The van der Waals surface area contributed by atoms with Crippen LogP contribution in [0, 0.1) is 12.7 Å². The van der Waals surface area contributed by atoms with E-state index in [0.29, 0.717) is 12.2 Å². The van der Waals surface area contributed by atoms with Gasteiger partial charge >= 0.3 is 0 Å². The average Bonchev–Trinajstić information content (AvgIpc) is 2.68. The lowest BCUT2D eigenvalue weighted by molar-refractivity contribution is 0.149. The molecule has 0 aliphatic rings. The summed E-state index contributed by atoms with van der Waals surface area (Å²) in [6.45, 7) is 1.82. The van der Waals surface area contributed by atoms with E-state index >= 15 is 0 Å². The van der Waals surface area contributed by atoms with Gasteiger partial charge < -0.3 is 9.52 Å². The first-order valence-corrected chi connectivity index (χ1v) is 6.03. The highest BCUT2D eigenvalue weighted by Gasteiger charge is 2.16. The third-order valence-corrected chi connectivity index (χ3v) is 3.32. The van der Waals surface area contributed by atoms with Gasteiger partial charge in [0.15, 0.2) is 0 Å². The van der Waals surface area contributed by atoms with Crippen LogP contribution in [0.5, 0.6) is 0 Å². The molecule has 1 heterocycles. The van der Waals surface area contributed by atoms with E-state index in [4.69, 9.17) is 4.42 Å². The Hall–Kier alpha value is -1.13. The molecule has 0 aliphatic heterocycles. The molecule has 2 rings (SSSR count). The summed E-state index contributed by atoms with van der Waals surface area (Å²) in [4.78, 5) is 0. The molecule has 0 saturated carbocycles. The van der Waals surface area contributed by atoms with E-state index in [1.165, 1.54) is 18.4 Å². The Balaban J connectivity index is 2.19. The fourth-order valence-electron chi connectivity index (χ4n) is 1.73. The van der Waals surface area contributed by atoms with Gasteiger partial charge in [-0.1, -0.05) is 6.07 Å². The lowest BCUT2D eigenvalue weighted by Gasteiger charge is -2.11. The Morgan fingerprint density at radius 3 is 2.76 bits per heavy atom. The molecule has 0 radical (unpaired) electrons. The Labute approximate surface area is 107 Å². The molecule has 0 amide bonds. The molecule has 0 fully saturated rings. The Morgan fingerprint density at radius 2 is 2.18 bits per heavy atom. The predicted molar refractivity (Wildman–Crippen MR) is 66.2 cm³/mol. The second-order valence-corrected chi connectivity index (χ2v) is 4.78. The number of furan rings is 1. The van der Waals surface area contributed by atoms with Crippen LogP contribution in [0.4, 0.5) is 4.39 Å². The number of benzene rings is 1. The molecule has 1 N–H and O–H groups in total. The minimum atomic E-state index is -0.733. The lowest BCUT2D eigenvalue weighted by atomic mass is 10.0. The zero-order valence-electron chi connectivity index (χ0n) is 9.28. The summed E-state index contributed by atoms with van der Waals surface area (Å²) in [6.07, 6.45) is 1.18. The maximum Gasteiger partial charge on any atom is 0.146 e. The van der Waals surface area contributed by atoms with Gasteiger partial charge in [-0.05, 0) is 52.2 Å². The molecule has 0 bridgehead atoms. The number of rotatable bonds is 3. The molecule has 17 heavy (non-hydrogen) atoms. The van der Waals surface area contributed by atoms with Gasteiger partial charge in [0.1, 0.15) is 17.7 Å². The first-order valence-electron chi connectivity index (χ1n) is 5.24. The van der Waals surface area contributed by atoms with Crippen LogP contribution in [0.3, 0.4) is 0 Å². The molecule has 0 aliphatic carbocycles. The van der Waals surface area contributed by atoms with E-state index in [0.717, 1.165) is 15.6 Å². The minimum absolute atomic E-state index is 0.264. The molecule has 4 heteroatoms. The average molecular weight is 299 g/mol. The smallest absolute Gasteiger partial charge is 0.146 e. The van der Waals surface area contributed by atoms with Crippen molar-refractivity contribution in [2.45, 2.75) is 19.4 Å². The second kappa shape index (κ2) is 5.02. The van der Waals surface area contributed by atoms with Crippen LogP contribution >= 0.6 is 15.9 Å². The number of hydrogen-bond acceptors (Lipinski definition) is 2. The Morgan fingerprint density at radius 1 is 1.41 bits per heavy atom. The van der Waals surface area contributed by atoms with E-state index < -0.39 is 6.10 Å². The first kappa shape index (κ1) is 12.3. The normalized spacial score (nSPS) is 12.7. The topological polar surface area (TPSA) is 33.4 Å². The van der Waals surface area contributed by atoms with Crippen molar-refractivity contribution in [1.82, 2.24) is 0 Å². The molecule has 2 aromatic rings. The van der Waals surface area contributed by atoms with Crippen LogP contribution in [0.2, 0.25) is 0 Å². The quantitative estimate of drug-likeness (QED) is 0.936. The summed E-state index contributed by atoms with van der Waals surface area (Å²) in [5.74, 6) is 0.230. The van der Waals surface area contributed by atoms with Gasteiger partial charge in [0.25, 0.3) is 0 Å². The summed E-state index contributed by atoms with van der Waals surface area (Å²) >= 11 is 3.30. The maximum absolute atomic E-state index is 12.9. The van der Waals surface area contributed by atoms with Gasteiger partial charge in [0.05, 0.1) is 10.7 Å². The SMILES string of the molecule is Cc1cc(F)ccc1CC(O)c1occc1Br. The van der Waals surface area contributed by atoms with Crippen molar-refractivity contribution in [2.24, 2.45) is 0 Å². The van der Waals surface area contributed by atoms with Crippen molar-refractivity contribution < 1.29 is 13.9 Å². The van der Waals surface area contributed by atoms with Crippen LogP contribution in [0.25, 0.3) is 0 Å². The zero-order valence-corrected chi connectivity index (χ0v) is 10.9. The Bertz CT molecular complexity index is 522. The standard InChI is InChI=1S/C13H12BrFO2/c1-8-6-10(15)3-2-9(8)7-12(16)13-11(14)4-5-17-13/h2-6,12,16H,7H2,1H3. The number of hydrogen-bond donors (Lipinski definition) is 1. The van der Waals surface area contributed by atoms with Gasteiger partial charge in [-0.2, -0.15) is 0 Å². The molecular formula is C13H12BrFO2. The molecule has 1 aromatic carbocycles. The molecule has 2 nitrogen and oxygen atoms in total. The fraction of sp³-hybridized carbons (Fsp3) is 0.231. The van der Waals surface area contributed by atoms with E-state index in [1.54, 1.807) is 12.1 Å². The largest absolute Gasteiger partial charge is 0.465 e. The van der Waals surface area contributed by atoms with E-state index in [-0.39, 0.29) is 5.82 Å². The zero-order chi connectivity index (χ0) is 12.4. The number of halogens is 2. The molecule has 1 atom stereocenters. The van der Waals surface area contributed by atoms with Crippen LogP contribution in [-0.4, -0.2) is 5.11 Å². The van der Waals surface area contributed by atoms with Gasteiger partial charge in [-0.25, -0.2) is 4.39 Å². The summed E-state index contributed by atoms with van der Waals surface area (Å²) in [7, 11) is 0. The predicted octanol–water partition coefficient (Wildman–Crippen LogP) is 3.77. The monoisotopic (exact) mass is 298 g/mol. The molecule has 1 unspecified atom stereocenters. The third-order valence-electron chi connectivity index (χ3n) is 2.67. The summed E-state index contributed by atoms with van der Waals surface area (Å²) in [6, 6.07) is 6.27. The van der Waals surface area contributed by atoms with Crippen molar-refractivity contribution >= 4 is 15.9 Å². The molecular weight excluding hydrogens is 287 g/mol. The van der Waals surface area contributed by atoms with Gasteiger partial charge in [-0.3, -0.25) is 0 Å². The van der Waals surface area contributed by atoms with Gasteiger partial charge in [0, 0.05) is 6.42 Å². The maximum atomic E-state index is 12.9. The molecule has 0 saturated heterocycles. The number of aliphatic hydroxyl groups is 1. The van der Waals surface area contributed by atoms with Crippen LogP contribution in [-0.2, 0) is 6.42 Å². The van der Waals surface area contributed by atoms with Crippen molar-refractivity contribution in [1.29, 1.82) is 0 Å². The van der Waals surface area contributed by atoms with Gasteiger partial charge in [-0.15, -0.1) is 0 Å². The number of aliphatic hydroxyl groups excluding tert-OH is 1. The van der Waals surface area contributed by atoms with E-state index in [1.807, 2.05) is 6.92 Å². The summed E-state index contributed by atoms with van der Waals surface area (Å²) < 4.78 is 18.9. The highest BCUT2D eigenvalue weighted by molar-refractivity contribution is 9.10. The molecule has 1 aromatic heterocycles. The third kappa shape index (κ3) is 2.76. The Kier molecular flexibility index (Phi) is 3.64. The molecule has 0 spiro atoms. The summed E-state index contributed by atoms with van der Waals surface area (Å²) in [5, 5.41) is 10.0. The number of aryl methyl sites for hydroxylation is 1. The van der Waals surface area contributed by atoms with Crippen molar-refractivity contribution in [2.75, 3.05) is 0 Å². The summed E-state index contributed by atoms with van der Waals surface area (Å²) in [5.41, 5.74) is 1.73. The second-order valence-electron chi connectivity index (χ2n) is 3.92. The van der Waals surface area contributed by atoms with Crippen LogP contribution in [0.1, 0.15) is 23.0 Å². The van der Waals surface area contributed by atoms with Crippen molar-refractivity contribution in [3.63, 3.8) is 0 Å². The van der Waals surface area contributed by atoms with Crippen LogP contribution in [0.15, 0.2) is 39.4 Å². The van der Waals surface area contributed by atoms with Gasteiger partial charge in [0.2, 0.25) is 0 Å². The van der Waals surface area contributed by atoms with Crippen molar-refractivity contribution in [3.05, 3.63) is 57.7 Å². The fourth-order valence-corrected chi connectivity index (χ4v) is 2.20. The lowest BCUT2D eigenvalue weighted by Crippen LogP contribution is -2.03. The first-order chi connectivity index (χ1) is 8.08. The van der Waals surface area contributed by atoms with E-state index in [2.05, 4.69) is 15.9 Å². The van der Waals surface area contributed by atoms with Crippen molar-refractivity contribution in [3.8, 4) is 0 Å². The highest BCUT2D eigenvalue weighted by Crippen LogP contribution is 2.27. The highest BCUT2D eigenvalue weighted by atomic mass is 79.9. The minimum Gasteiger partial charge on any atom is -0.465 e.